The summed E-state index contributed by atoms with van der Waals surface area (Å²) in [7, 11) is 0. The van der Waals surface area contributed by atoms with E-state index in [2.05, 4.69) is 5.43 Å². The Labute approximate surface area is 215 Å². The van der Waals surface area contributed by atoms with Crippen LogP contribution in [0.25, 0.3) is 6.08 Å². The molecule has 4 rings (SSSR count). The summed E-state index contributed by atoms with van der Waals surface area (Å²) < 4.78 is 10.9. The summed E-state index contributed by atoms with van der Waals surface area (Å²) in [6, 6.07) is 25.8. The van der Waals surface area contributed by atoms with Gasteiger partial charge in [0.05, 0.1) is 6.04 Å². The molecule has 1 aliphatic carbocycles. The van der Waals surface area contributed by atoms with Gasteiger partial charge in [-0.2, -0.15) is 0 Å². The summed E-state index contributed by atoms with van der Waals surface area (Å²) in [4.78, 5) is 25.8. The Bertz CT molecular complexity index is 1200. The van der Waals surface area contributed by atoms with Gasteiger partial charge in [-0.05, 0) is 35.2 Å². The molecule has 2 atom stereocenters. The lowest BCUT2D eigenvalue weighted by molar-refractivity contribution is 0.0436. The molecule has 0 bridgehead atoms. The van der Waals surface area contributed by atoms with E-state index in [4.69, 9.17) is 21.1 Å². The molecule has 184 valence electrons. The zero-order valence-corrected chi connectivity index (χ0v) is 20.4. The minimum absolute atomic E-state index is 0.0857. The van der Waals surface area contributed by atoms with Crippen molar-refractivity contribution in [3.8, 4) is 0 Å². The second kappa shape index (κ2) is 12.6. The first kappa shape index (κ1) is 25.1. The van der Waals surface area contributed by atoms with Crippen LogP contribution in [0.4, 0.5) is 9.59 Å². The molecule has 3 aromatic carbocycles. The highest BCUT2D eigenvalue weighted by Gasteiger charge is 2.33. The van der Waals surface area contributed by atoms with Crippen LogP contribution in [0.3, 0.4) is 0 Å². The third-order valence-electron chi connectivity index (χ3n) is 5.72. The van der Waals surface area contributed by atoms with Gasteiger partial charge < -0.3 is 9.47 Å². The summed E-state index contributed by atoms with van der Waals surface area (Å²) >= 11 is 5.98. The Balaban J connectivity index is 1.45. The standard InChI is InChI=1S/C29H27ClN2O4/c30-26-18-15-22(16-19-26)14-17-25-12-7-13-27(25)32(29(34)36-21-24-10-5-2-6-11-24)31-28(33)35-20-23-8-3-1-4-9-23/h1-12,14-19,25,27H,13,20-21H2,(H,31,33)/b17-14+/t25-,27+/m0/s1. The number of nitrogens with zero attached hydrogens (tertiary/aromatic N) is 1. The average molecular weight is 503 g/mol. The number of amides is 2. The van der Waals surface area contributed by atoms with Gasteiger partial charge in [-0.1, -0.05) is 109 Å². The van der Waals surface area contributed by atoms with E-state index < -0.39 is 12.2 Å². The molecule has 1 N–H and O–H groups in total. The molecule has 7 heteroatoms. The second-order valence-corrected chi connectivity index (χ2v) is 8.74. The van der Waals surface area contributed by atoms with E-state index in [1.165, 1.54) is 5.01 Å². The molecule has 3 aromatic rings. The first-order chi connectivity index (χ1) is 17.6. The smallest absolute Gasteiger partial charge is 0.429 e. The second-order valence-electron chi connectivity index (χ2n) is 8.30. The Kier molecular flexibility index (Phi) is 8.78. The number of rotatable bonds is 7. The number of ether oxygens (including phenoxy) is 2. The van der Waals surface area contributed by atoms with Crippen LogP contribution in [0.2, 0.25) is 5.02 Å². The van der Waals surface area contributed by atoms with Crippen molar-refractivity contribution in [3.05, 3.63) is 125 Å². The SMILES string of the molecule is O=C(NN(C(=O)OCc1ccccc1)[C@@H]1CC=C[C@H]1/C=C/c1ccc(Cl)cc1)OCc1ccccc1. The molecule has 0 unspecified atom stereocenters. The summed E-state index contributed by atoms with van der Waals surface area (Å²) in [5.74, 6) is -0.139. The van der Waals surface area contributed by atoms with Crippen LogP contribution >= 0.6 is 11.6 Å². The number of benzene rings is 3. The van der Waals surface area contributed by atoms with E-state index in [9.17, 15) is 9.59 Å². The number of nitrogens with one attached hydrogen (secondary N) is 1. The minimum atomic E-state index is -0.733. The fraction of sp³-hybridized carbons (Fsp3) is 0.172. The maximum Gasteiger partial charge on any atom is 0.429 e. The lowest BCUT2D eigenvalue weighted by atomic mass is 10.0. The lowest BCUT2D eigenvalue weighted by Gasteiger charge is -2.31. The molecule has 2 amide bonds. The quantitative estimate of drug-likeness (QED) is 0.285. The molecule has 0 radical (unpaired) electrons. The Morgan fingerprint density at radius 1 is 0.889 bits per heavy atom. The molecule has 1 aliphatic rings. The van der Waals surface area contributed by atoms with Gasteiger partial charge in [0.1, 0.15) is 13.2 Å². The van der Waals surface area contributed by atoms with Gasteiger partial charge in [0.25, 0.3) is 0 Å². The van der Waals surface area contributed by atoms with Crippen LogP contribution in [0, 0.1) is 5.92 Å². The van der Waals surface area contributed by atoms with Crippen LogP contribution in [-0.4, -0.2) is 23.2 Å². The van der Waals surface area contributed by atoms with Gasteiger partial charge in [0.15, 0.2) is 0 Å². The summed E-state index contributed by atoms with van der Waals surface area (Å²) in [6.45, 7) is 0.171. The van der Waals surface area contributed by atoms with Gasteiger partial charge in [0, 0.05) is 10.9 Å². The number of hydrogen-bond acceptors (Lipinski definition) is 4. The number of hydrazine groups is 1. The molecule has 0 spiro atoms. The Morgan fingerprint density at radius 3 is 2.14 bits per heavy atom. The fourth-order valence-corrected chi connectivity index (χ4v) is 3.96. The monoisotopic (exact) mass is 502 g/mol. The Hall–Kier alpha value is -4.03. The van der Waals surface area contributed by atoms with Crippen molar-refractivity contribution in [3.63, 3.8) is 0 Å². The van der Waals surface area contributed by atoms with E-state index >= 15 is 0 Å². The third-order valence-corrected chi connectivity index (χ3v) is 5.97. The van der Waals surface area contributed by atoms with Crippen molar-refractivity contribution in [2.24, 2.45) is 5.92 Å². The molecule has 6 nitrogen and oxygen atoms in total. The van der Waals surface area contributed by atoms with E-state index in [0.717, 1.165) is 16.7 Å². The van der Waals surface area contributed by atoms with Crippen LogP contribution in [0.1, 0.15) is 23.1 Å². The van der Waals surface area contributed by atoms with Crippen LogP contribution < -0.4 is 5.43 Å². The maximum atomic E-state index is 13.1. The predicted molar refractivity (Wildman–Crippen MR) is 140 cm³/mol. The average Bonchev–Trinajstić information content (AvgIpc) is 3.38. The molecule has 0 fully saturated rings. The van der Waals surface area contributed by atoms with Crippen molar-refractivity contribution in [2.75, 3.05) is 0 Å². The zero-order valence-electron chi connectivity index (χ0n) is 19.6. The molecule has 36 heavy (non-hydrogen) atoms. The third kappa shape index (κ3) is 7.23. The lowest BCUT2D eigenvalue weighted by Crippen LogP contribution is -2.53. The van der Waals surface area contributed by atoms with Gasteiger partial charge >= 0.3 is 12.2 Å². The van der Waals surface area contributed by atoms with Crippen molar-refractivity contribution in [2.45, 2.75) is 25.7 Å². The van der Waals surface area contributed by atoms with Crippen LogP contribution in [0.15, 0.2) is 103 Å². The number of carbonyl (C=O) groups is 2. The molecule has 0 aromatic heterocycles. The van der Waals surface area contributed by atoms with Crippen molar-refractivity contribution < 1.29 is 19.1 Å². The van der Waals surface area contributed by atoms with Crippen molar-refractivity contribution in [1.29, 1.82) is 0 Å². The van der Waals surface area contributed by atoms with Gasteiger partial charge in [-0.25, -0.2) is 20.0 Å². The molecular formula is C29H27ClN2O4. The van der Waals surface area contributed by atoms with Crippen molar-refractivity contribution >= 4 is 29.9 Å². The molecule has 0 saturated heterocycles. The van der Waals surface area contributed by atoms with Gasteiger partial charge in [-0.3, -0.25) is 0 Å². The molecule has 0 saturated carbocycles. The van der Waals surface area contributed by atoms with Gasteiger partial charge in [0.2, 0.25) is 0 Å². The van der Waals surface area contributed by atoms with E-state index in [1.807, 2.05) is 109 Å². The molecule has 0 aliphatic heterocycles. The minimum Gasteiger partial charge on any atom is -0.443 e. The topological polar surface area (TPSA) is 67.9 Å². The highest BCUT2D eigenvalue weighted by Crippen LogP contribution is 2.26. The van der Waals surface area contributed by atoms with Crippen LogP contribution in [-0.2, 0) is 22.7 Å². The normalized spacial score (nSPS) is 16.6. The Morgan fingerprint density at radius 2 is 1.50 bits per heavy atom. The highest BCUT2D eigenvalue weighted by atomic mass is 35.5. The molecule has 0 heterocycles. The number of hydrogen-bond donors (Lipinski definition) is 1. The zero-order chi connectivity index (χ0) is 25.2. The van der Waals surface area contributed by atoms with E-state index in [1.54, 1.807) is 0 Å². The van der Waals surface area contributed by atoms with E-state index in [-0.39, 0.29) is 25.2 Å². The predicted octanol–water partition coefficient (Wildman–Crippen LogP) is 6.78. The number of carbonyl (C=O) groups excluding carboxylic acids is 2. The van der Waals surface area contributed by atoms with Gasteiger partial charge in [-0.15, -0.1) is 0 Å². The summed E-state index contributed by atoms with van der Waals surface area (Å²) in [5.41, 5.74) is 5.28. The highest BCUT2D eigenvalue weighted by molar-refractivity contribution is 6.30. The maximum absolute atomic E-state index is 13.1. The summed E-state index contributed by atoms with van der Waals surface area (Å²) in [6.07, 6.45) is 7.10. The number of halogens is 1. The fourth-order valence-electron chi connectivity index (χ4n) is 3.83. The van der Waals surface area contributed by atoms with Crippen molar-refractivity contribution in [1.82, 2.24) is 10.4 Å². The largest absolute Gasteiger partial charge is 0.443 e. The first-order valence-electron chi connectivity index (χ1n) is 11.7. The van der Waals surface area contributed by atoms with Crippen LogP contribution in [0.5, 0.6) is 0 Å². The molecular weight excluding hydrogens is 476 g/mol. The summed E-state index contributed by atoms with van der Waals surface area (Å²) in [5, 5.41) is 1.89. The van der Waals surface area contributed by atoms with E-state index in [0.29, 0.717) is 11.4 Å². The first-order valence-corrected chi connectivity index (χ1v) is 12.0.